The van der Waals surface area contributed by atoms with Crippen molar-refractivity contribution in [2.45, 2.75) is 57.3 Å². The molecule has 1 aliphatic rings. The Morgan fingerprint density at radius 3 is 2.34 bits per heavy atom. The van der Waals surface area contributed by atoms with Gasteiger partial charge in [0.05, 0.1) is 0 Å². The smallest absolute Gasteiger partial charge is 0.137 e. The molecule has 1 aromatic carbocycles. The predicted molar refractivity (Wildman–Crippen MR) is 117 cm³/mol. The Hall–Kier alpha value is -2.81. The highest BCUT2D eigenvalue weighted by molar-refractivity contribution is 5.81. The van der Waals surface area contributed by atoms with Gasteiger partial charge in [0.25, 0.3) is 0 Å². The van der Waals surface area contributed by atoms with E-state index in [2.05, 4.69) is 52.4 Å². The molecule has 3 heteroatoms. The summed E-state index contributed by atoms with van der Waals surface area (Å²) < 4.78 is 0. The van der Waals surface area contributed by atoms with Gasteiger partial charge in [-0.2, -0.15) is 0 Å². The van der Waals surface area contributed by atoms with Crippen molar-refractivity contribution in [2.24, 2.45) is 0 Å². The van der Waals surface area contributed by atoms with E-state index in [1.165, 1.54) is 31.2 Å². The molecule has 0 atom stereocenters. The molecule has 0 aliphatic heterocycles. The van der Waals surface area contributed by atoms with E-state index in [-0.39, 0.29) is 5.41 Å². The van der Waals surface area contributed by atoms with Crippen molar-refractivity contribution in [1.29, 1.82) is 0 Å². The highest BCUT2D eigenvalue weighted by Gasteiger charge is 2.35. The van der Waals surface area contributed by atoms with Crippen molar-refractivity contribution in [3.8, 4) is 11.1 Å². The zero-order chi connectivity index (χ0) is 20.1. The standard InChI is InChI=1S/C26H28N2O/c1-20-18-23(9-17-28-20)22-6-4-21(5-7-22)19-25(29)8-14-26(12-2-3-13-26)24-10-15-27-16-11-24/h4-7,9-11,15-18H,2-3,8,12-14,19H2,1H3. The quantitative estimate of drug-likeness (QED) is 0.513. The molecule has 0 unspecified atom stereocenters. The minimum Gasteiger partial charge on any atom is -0.299 e. The maximum absolute atomic E-state index is 12.7. The van der Waals surface area contributed by atoms with Crippen LogP contribution in [0.1, 0.15) is 55.3 Å². The lowest BCUT2D eigenvalue weighted by molar-refractivity contribution is -0.118. The molecular formula is C26H28N2O. The first-order valence-corrected chi connectivity index (χ1v) is 10.6. The molecule has 148 valence electrons. The molecule has 3 nitrogen and oxygen atoms in total. The molecule has 0 spiro atoms. The number of aromatic nitrogens is 2. The minimum absolute atomic E-state index is 0.168. The molecule has 2 aromatic heterocycles. The summed E-state index contributed by atoms with van der Waals surface area (Å²) in [5.74, 6) is 0.331. The SMILES string of the molecule is Cc1cc(-c2ccc(CC(=O)CCC3(c4ccncc4)CCCC3)cc2)ccn1. The van der Waals surface area contributed by atoms with Crippen LogP contribution >= 0.6 is 0 Å². The fourth-order valence-corrected chi connectivity index (χ4v) is 4.68. The maximum atomic E-state index is 12.7. The molecular weight excluding hydrogens is 356 g/mol. The molecule has 0 amide bonds. The number of carbonyl (C=O) groups excluding carboxylic acids is 1. The van der Waals surface area contributed by atoms with Crippen molar-refractivity contribution in [1.82, 2.24) is 9.97 Å². The van der Waals surface area contributed by atoms with E-state index in [1.807, 2.05) is 31.6 Å². The summed E-state index contributed by atoms with van der Waals surface area (Å²) >= 11 is 0. The minimum atomic E-state index is 0.168. The number of hydrogen-bond acceptors (Lipinski definition) is 3. The fraction of sp³-hybridized carbons (Fsp3) is 0.346. The number of nitrogens with zero attached hydrogens (tertiary/aromatic N) is 2. The third kappa shape index (κ3) is 4.61. The van der Waals surface area contributed by atoms with E-state index in [0.29, 0.717) is 18.6 Å². The Bertz CT molecular complexity index is 958. The van der Waals surface area contributed by atoms with Gasteiger partial charge < -0.3 is 0 Å². The van der Waals surface area contributed by atoms with Gasteiger partial charge >= 0.3 is 0 Å². The number of hydrogen-bond donors (Lipinski definition) is 0. The number of carbonyl (C=O) groups is 1. The number of ketones is 1. The van der Waals surface area contributed by atoms with Crippen molar-refractivity contribution < 1.29 is 4.79 Å². The third-order valence-electron chi connectivity index (χ3n) is 6.32. The molecule has 1 saturated carbocycles. The first-order chi connectivity index (χ1) is 14.1. The predicted octanol–water partition coefficient (Wildman–Crippen LogP) is 5.86. The Balaban J connectivity index is 1.38. The monoisotopic (exact) mass is 384 g/mol. The van der Waals surface area contributed by atoms with Gasteiger partial charge in [0.2, 0.25) is 0 Å². The summed E-state index contributed by atoms with van der Waals surface area (Å²) in [4.78, 5) is 21.1. The normalized spacial score (nSPS) is 15.3. The van der Waals surface area contributed by atoms with E-state index in [1.54, 1.807) is 0 Å². The maximum Gasteiger partial charge on any atom is 0.137 e. The van der Waals surface area contributed by atoms with Crippen molar-refractivity contribution in [3.05, 3.63) is 83.9 Å². The molecule has 0 bridgehead atoms. The average molecular weight is 385 g/mol. The Kier molecular flexibility index (Phi) is 5.84. The summed E-state index contributed by atoms with van der Waals surface area (Å²) in [5, 5.41) is 0. The van der Waals surface area contributed by atoms with Gasteiger partial charge in [0.15, 0.2) is 0 Å². The van der Waals surface area contributed by atoms with Crippen LogP contribution < -0.4 is 0 Å². The van der Waals surface area contributed by atoms with Crippen LogP contribution in [0.3, 0.4) is 0 Å². The topological polar surface area (TPSA) is 42.9 Å². The van der Waals surface area contributed by atoms with Crippen molar-refractivity contribution in [2.75, 3.05) is 0 Å². The molecule has 3 aromatic rings. The first kappa shape index (κ1) is 19.5. The van der Waals surface area contributed by atoms with Crippen LogP contribution in [0.4, 0.5) is 0 Å². The van der Waals surface area contributed by atoms with Crippen LogP contribution in [0.15, 0.2) is 67.1 Å². The van der Waals surface area contributed by atoms with E-state index in [4.69, 9.17) is 0 Å². The Morgan fingerprint density at radius 1 is 0.931 bits per heavy atom. The first-order valence-electron chi connectivity index (χ1n) is 10.6. The van der Waals surface area contributed by atoms with Crippen LogP contribution in [0, 0.1) is 6.92 Å². The van der Waals surface area contributed by atoms with E-state index in [0.717, 1.165) is 28.8 Å². The summed E-state index contributed by atoms with van der Waals surface area (Å²) in [5.41, 5.74) is 5.95. The molecule has 4 rings (SSSR count). The van der Waals surface area contributed by atoms with Crippen LogP contribution in [-0.4, -0.2) is 15.8 Å². The second kappa shape index (κ2) is 8.69. The zero-order valence-corrected chi connectivity index (χ0v) is 17.1. The summed E-state index contributed by atoms with van der Waals surface area (Å²) in [6, 6.07) is 16.7. The molecule has 1 aliphatic carbocycles. The van der Waals surface area contributed by atoms with Crippen LogP contribution in [0.5, 0.6) is 0 Å². The number of rotatable bonds is 7. The number of aryl methyl sites for hydroxylation is 1. The second-order valence-electron chi connectivity index (χ2n) is 8.32. The van der Waals surface area contributed by atoms with Gasteiger partial charge in [-0.25, -0.2) is 0 Å². The van der Waals surface area contributed by atoms with E-state index < -0.39 is 0 Å². The number of pyridine rings is 2. The van der Waals surface area contributed by atoms with E-state index >= 15 is 0 Å². The molecule has 0 saturated heterocycles. The zero-order valence-electron chi connectivity index (χ0n) is 17.1. The lowest BCUT2D eigenvalue weighted by atomic mass is 9.75. The highest BCUT2D eigenvalue weighted by atomic mass is 16.1. The molecule has 0 radical (unpaired) electrons. The van der Waals surface area contributed by atoms with Gasteiger partial charge in [0.1, 0.15) is 5.78 Å². The number of benzene rings is 1. The van der Waals surface area contributed by atoms with Crippen molar-refractivity contribution in [3.63, 3.8) is 0 Å². The second-order valence-corrected chi connectivity index (χ2v) is 8.32. The van der Waals surface area contributed by atoms with Gasteiger partial charge in [0, 0.05) is 37.1 Å². The molecule has 29 heavy (non-hydrogen) atoms. The average Bonchev–Trinajstić information content (AvgIpc) is 3.24. The lowest BCUT2D eigenvalue weighted by Crippen LogP contribution is -2.23. The van der Waals surface area contributed by atoms with Gasteiger partial charge in [-0.05, 0) is 78.1 Å². The van der Waals surface area contributed by atoms with Crippen LogP contribution in [0.25, 0.3) is 11.1 Å². The fourth-order valence-electron chi connectivity index (χ4n) is 4.68. The lowest BCUT2D eigenvalue weighted by Gasteiger charge is -2.29. The third-order valence-corrected chi connectivity index (χ3v) is 6.32. The summed E-state index contributed by atoms with van der Waals surface area (Å²) in [6.07, 6.45) is 12.6. The largest absolute Gasteiger partial charge is 0.299 e. The van der Waals surface area contributed by atoms with Crippen LogP contribution in [-0.2, 0) is 16.6 Å². The van der Waals surface area contributed by atoms with Gasteiger partial charge in [-0.3, -0.25) is 14.8 Å². The van der Waals surface area contributed by atoms with E-state index in [9.17, 15) is 4.79 Å². The van der Waals surface area contributed by atoms with Crippen LogP contribution in [0.2, 0.25) is 0 Å². The van der Waals surface area contributed by atoms with Crippen molar-refractivity contribution >= 4 is 5.78 Å². The molecule has 0 N–H and O–H groups in total. The van der Waals surface area contributed by atoms with Gasteiger partial charge in [-0.1, -0.05) is 37.1 Å². The van der Waals surface area contributed by atoms with Gasteiger partial charge in [-0.15, -0.1) is 0 Å². The Morgan fingerprint density at radius 2 is 1.66 bits per heavy atom. The summed E-state index contributed by atoms with van der Waals surface area (Å²) in [7, 11) is 0. The summed E-state index contributed by atoms with van der Waals surface area (Å²) in [6.45, 7) is 2.00. The Labute approximate surface area is 173 Å². The highest BCUT2D eigenvalue weighted by Crippen LogP contribution is 2.44. The number of Topliss-reactive ketones (excluding diaryl/α,β-unsaturated/α-hetero) is 1. The molecule has 2 heterocycles. The molecule has 1 fully saturated rings.